The maximum Gasteiger partial charge on any atom is 0.139 e. The first-order chi connectivity index (χ1) is 19.1. The lowest BCUT2D eigenvalue weighted by Gasteiger charge is -2.35. The standard InChI is InChI=1S/C32H39N7/c1-33-20-29-27(35-30-15-8-16-31(39(29)30)37-19-17-26(22-37)36(2)3)23-38(21-24-10-5-4-6-11-24)28-14-7-12-25-13-9-18-34-32(25)28/h4-6,8-11,13,15-16,18,20,26,28H,7,12,14,17,19,21-23H2,1-3H3/t26-,28+/m1/s1. The van der Waals surface area contributed by atoms with E-state index in [0.29, 0.717) is 6.04 Å². The zero-order valence-electron chi connectivity index (χ0n) is 23.4. The number of aryl methyl sites for hydroxylation is 1. The number of benzene rings is 1. The molecule has 39 heavy (non-hydrogen) atoms. The minimum Gasteiger partial charge on any atom is -0.356 e. The van der Waals surface area contributed by atoms with Gasteiger partial charge in [0.05, 0.1) is 23.1 Å². The van der Waals surface area contributed by atoms with Gasteiger partial charge in [0.25, 0.3) is 0 Å². The fourth-order valence-corrected chi connectivity index (χ4v) is 6.36. The van der Waals surface area contributed by atoms with E-state index in [9.17, 15) is 0 Å². The summed E-state index contributed by atoms with van der Waals surface area (Å²) in [6.45, 7) is 3.65. The van der Waals surface area contributed by atoms with Gasteiger partial charge in [-0.25, -0.2) is 4.98 Å². The zero-order chi connectivity index (χ0) is 26.8. The number of likely N-dealkylation sites (N-methyl/N-ethyl adjacent to an activating group) is 1. The summed E-state index contributed by atoms with van der Waals surface area (Å²) in [4.78, 5) is 22.0. The Morgan fingerprint density at radius 2 is 1.87 bits per heavy atom. The second-order valence-electron chi connectivity index (χ2n) is 11.1. The summed E-state index contributed by atoms with van der Waals surface area (Å²) in [5.41, 5.74) is 7.03. The lowest BCUT2D eigenvalue weighted by molar-refractivity contribution is 0.155. The van der Waals surface area contributed by atoms with Crippen LogP contribution in [-0.2, 0) is 19.5 Å². The van der Waals surface area contributed by atoms with Crippen LogP contribution in [-0.4, -0.2) is 70.7 Å². The van der Waals surface area contributed by atoms with Crippen LogP contribution in [0.15, 0.2) is 71.9 Å². The van der Waals surface area contributed by atoms with E-state index in [-0.39, 0.29) is 6.04 Å². The molecule has 2 aliphatic rings. The molecule has 0 bridgehead atoms. The van der Waals surface area contributed by atoms with Gasteiger partial charge >= 0.3 is 0 Å². The van der Waals surface area contributed by atoms with Gasteiger partial charge in [-0.15, -0.1) is 0 Å². The molecule has 0 amide bonds. The quantitative estimate of drug-likeness (QED) is 0.306. The van der Waals surface area contributed by atoms with Crippen molar-refractivity contribution in [1.29, 1.82) is 0 Å². The highest BCUT2D eigenvalue weighted by Crippen LogP contribution is 2.35. The van der Waals surface area contributed by atoms with E-state index in [1.807, 2.05) is 19.5 Å². The number of anilines is 1. The molecule has 4 aromatic rings. The Kier molecular flexibility index (Phi) is 7.44. The number of aromatic nitrogens is 3. The molecule has 4 heterocycles. The third-order valence-corrected chi connectivity index (χ3v) is 8.39. The molecular weight excluding hydrogens is 482 g/mol. The van der Waals surface area contributed by atoms with Crippen LogP contribution < -0.4 is 4.90 Å². The van der Waals surface area contributed by atoms with Gasteiger partial charge in [0, 0.05) is 51.7 Å². The fraction of sp³-hybridized carbons (Fsp3) is 0.406. The Labute approximate surface area is 231 Å². The summed E-state index contributed by atoms with van der Waals surface area (Å²) in [6, 6.07) is 22.4. The highest BCUT2D eigenvalue weighted by atomic mass is 15.3. The van der Waals surface area contributed by atoms with Gasteiger partial charge in [0.2, 0.25) is 0 Å². The van der Waals surface area contributed by atoms with Gasteiger partial charge in [0.15, 0.2) is 0 Å². The average Bonchev–Trinajstić information content (AvgIpc) is 3.59. The second-order valence-corrected chi connectivity index (χ2v) is 11.1. The molecular formula is C32H39N7. The number of hydrogen-bond donors (Lipinski definition) is 0. The van der Waals surface area contributed by atoms with Gasteiger partial charge < -0.3 is 9.80 Å². The number of nitrogens with zero attached hydrogens (tertiary/aromatic N) is 7. The molecule has 1 fully saturated rings. The molecule has 0 saturated carbocycles. The summed E-state index contributed by atoms with van der Waals surface area (Å²) in [5.74, 6) is 1.20. The van der Waals surface area contributed by atoms with Crippen molar-refractivity contribution in [2.45, 2.75) is 50.9 Å². The first kappa shape index (κ1) is 25.7. The van der Waals surface area contributed by atoms with Gasteiger partial charge in [-0.1, -0.05) is 42.5 Å². The lowest BCUT2D eigenvalue weighted by atomic mass is 9.90. The third-order valence-electron chi connectivity index (χ3n) is 8.39. The van der Waals surface area contributed by atoms with Crippen LogP contribution in [0.5, 0.6) is 0 Å². The Morgan fingerprint density at radius 3 is 2.67 bits per heavy atom. The molecule has 1 aromatic carbocycles. The molecule has 7 nitrogen and oxygen atoms in total. The SMILES string of the molecule is CN=Cc1c(CN(Cc2ccccc2)[C@H]2CCCc3cccnc32)nc2cccc(N3CC[C@@H](N(C)C)C3)n12. The van der Waals surface area contributed by atoms with Crippen molar-refractivity contribution in [3.63, 3.8) is 0 Å². The number of aliphatic imine (C=N–C) groups is 1. The van der Waals surface area contributed by atoms with Crippen molar-refractivity contribution < 1.29 is 0 Å². The third kappa shape index (κ3) is 5.21. The Hall–Kier alpha value is -3.55. The molecule has 3 aromatic heterocycles. The first-order valence-electron chi connectivity index (χ1n) is 14.2. The Bertz CT molecular complexity index is 1440. The van der Waals surface area contributed by atoms with Gasteiger partial charge in [-0.2, -0.15) is 0 Å². The van der Waals surface area contributed by atoms with Crippen molar-refractivity contribution in [1.82, 2.24) is 24.2 Å². The van der Waals surface area contributed by atoms with Crippen molar-refractivity contribution in [3.05, 3.63) is 95.1 Å². The summed E-state index contributed by atoms with van der Waals surface area (Å²) in [7, 11) is 6.21. The molecule has 202 valence electrons. The fourth-order valence-electron chi connectivity index (χ4n) is 6.36. The van der Waals surface area contributed by atoms with Crippen molar-refractivity contribution in [2.75, 3.05) is 39.1 Å². The van der Waals surface area contributed by atoms with Crippen molar-refractivity contribution in [3.8, 4) is 0 Å². The van der Waals surface area contributed by atoms with Crippen LogP contribution in [0.25, 0.3) is 5.65 Å². The number of rotatable bonds is 8. The van der Waals surface area contributed by atoms with E-state index in [2.05, 4.69) is 98.9 Å². The Morgan fingerprint density at radius 1 is 1.00 bits per heavy atom. The van der Waals surface area contributed by atoms with Crippen molar-refractivity contribution >= 4 is 17.7 Å². The summed E-state index contributed by atoms with van der Waals surface area (Å²) in [5, 5.41) is 0. The highest BCUT2D eigenvalue weighted by Gasteiger charge is 2.30. The molecule has 2 atom stereocenters. The molecule has 1 aliphatic carbocycles. The monoisotopic (exact) mass is 521 g/mol. The van der Waals surface area contributed by atoms with E-state index in [4.69, 9.17) is 9.97 Å². The predicted molar refractivity (Wildman–Crippen MR) is 159 cm³/mol. The number of pyridine rings is 2. The zero-order valence-corrected chi connectivity index (χ0v) is 23.4. The van der Waals surface area contributed by atoms with Crippen LogP contribution in [0.4, 0.5) is 5.82 Å². The van der Waals surface area contributed by atoms with Gasteiger partial charge in [-0.3, -0.25) is 19.3 Å². The summed E-state index contributed by atoms with van der Waals surface area (Å²) < 4.78 is 2.31. The molecule has 0 N–H and O–H groups in total. The predicted octanol–water partition coefficient (Wildman–Crippen LogP) is 5.00. The van der Waals surface area contributed by atoms with E-state index in [1.165, 1.54) is 35.5 Å². The maximum atomic E-state index is 5.22. The van der Waals surface area contributed by atoms with Crippen LogP contribution in [0.1, 0.15) is 53.5 Å². The van der Waals surface area contributed by atoms with E-state index in [1.54, 1.807) is 0 Å². The average molecular weight is 522 g/mol. The molecule has 1 saturated heterocycles. The Balaban J connectivity index is 1.41. The highest BCUT2D eigenvalue weighted by molar-refractivity contribution is 5.82. The van der Waals surface area contributed by atoms with Gasteiger partial charge in [0.1, 0.15) is 11.5 Å². The molecule has 6 rings (SSSR count). The molecule has 1 aliphatic heterocycles. The van der Waals surface area contributed by atoms with Crippen LogP contribution in [0, 0.1) is 0 Å². The minimum absolute atomic E-state index is 0.255. The van der Waals surface area contributed by atoms with Gasteiger partial charge in [-0.05, 0) is 69.1 Å². The topological polar surface area (TPSA) is 52.3 Å². The lowest BCUT2D eigenvalue weighted by Crippen LogP contribution is -2.32. The first-order valence-corrected chi connectivity index (χ1v) is 14.2. The molecule has 0 radical (unpaired) electrons. The number of imidazole rings is 1. The maximum absolute atomic E-state index is 5.22. The normalized spacial score (nSPS) is 19.6. The summed E-state index contributed by atoms with van der Waals surface area (Å²) in [6.07, 6.45) is 8.49. The number of fused-ring (bicyclic) bond motifs is 2. The summed E-state index contributed by atoms with van der Waals surface area (Å²) >= 11 is 0. The van der Waals surface area contributed by atoms with E-state index >= 15 is 0 Å². The van der Waals surface area contributed by atoms with Crippen LogP contribution in [0.2, 0.25) is 0 Å². The second kappa shape index (κ2) is 11.3. The van der Waals surface area contributed by atoms with Crippen molar-refractivity contribution in [2.24, 2.45) is 4.99 Å². The largest absolute Gasteiger partial charge is 0.356 e. The molecule has 0 spiro atoms. The van der Waals surface area contributed by atoms with E-state index in [0.717, 1.165) is 56.1 Å². The van der Waals surface area contributed by atoms with Crippen LogP contribution >= 0.6 is 0 Å². The van der Waals surface area contributed by atoms with Crippen LogP contribution in [0.3, 0.4) is 0 Å². The molecule has 0 unspecified atom stereocenters. The molecule has 7 heteroatoms. The minimum atomic E-state index is 0.255. The smallest absolute Gasteiger partial charge is 0.139 e. The van der Waals surface area contributed by atoms with E-state index < -0.39 is 0 Å². The number of hydrogen-bond acceptors (Lipinski definition) is 6.